The van der Waals surface area contributed by atoms with E-state index >= 15 is 0 Å². The van der Waals surface area contributed by atoms with E-state index in [2.05, 4.69) is 46.4 Å². The van der Waals surface area contributed by atoms with Crippen molar-refractivity contribution in [2.24, 2.45) is 0 Å². The van der Waals surface area contributed by atoms with Crippen molar-refractivity contribution in [3.05, 3.63) is 46.4 Å². The van der Waals surface area contributed by atoms with Crippen LogP contribution in [0.1, 0.15) is 0 Å². The van der Waals surface area contributed by atoms with Crippen LogP contribution in [0.2, 0.25) is 0 Å². The van der Waals surface area contributed by atoms with Gasteiger partial charge in [0.25, 0.3) is 0 Å². The Morgan fingerprint density at radius 3 is 0.854 bits per heavy atom. The third-order valence-corrected chi connectivity index (χ3v) is 15.7. The maximum atomic E-state index is 5.05. The summed E-state index contributed by atoms with van der Waals surface area (Å²) in [5.41, 5.74) is 2.67. The largest absolute Gasteiger partial charge is 2.00 e. The molecular formula is C24H8CuN8P8. The van der Waals surface area contributed by atoms with Gasteiger partial charge in [-0.15, -0.1) is 0 Å². The van der Waals surface area contributed by atoms with Gasteiger partial charge in [-0.3, -0.25) is 0 Å². The van der Waals surface area contributed by atoms with Crippen molar-refractivity contribution in [1.82, 2.24) is 39.9 Å². The minimum atomic E-state index is 0. The molecule has 1 radical (unpaired) electrons. The van der Waals surface area contributed by atoms with Gasteiger partial charge >= 0.3 is 17.1 Å². The fourth-order valence-corrected chi connectivity index (χ4v) is 12.7. The summed E-state index contributed by atoms with van der Waals surface area (Å²) < 4.78 is 0. The van der Waals surface area contributed by atoms with E-state index in [9.17, 15) is 0 Å². The zero-order valence-corrected chi connectivity index (χ0v) is 28.2. The minimum Gasteiger partial charge on any atom is -0.356 e. The van der Waals surface area contributed by atoms with Crippen LogP contribution >= 0.6 is 65.5 Å². The molecule has 2 aliphatic rings. The molecule has 0 amide bonds. The molecule has 0 atom stereocenters. The van der Waals surface area contributed by atoms with Gasteiger partial charge < -0.3 is 29.9 Å². The van der Waals surface area contributed by atoms with Crippen LogP contribution in [0, 0.1) is 0 Å². The number of hydrogen-bond acceptors (Lipinski definition) is 6. The fraction of sp³-hybridized carbons (Fsp3) is 0. The summed E-state index contributed by atoms with van der Waals surface area (Å²) >= 11 is 0. The summed E-state index contributed by atoms with van der Waals surface area (Å²) in [6.07, 6.45) is 0. The van der Waals surface area contributed by atoms with Crippen LogP contribution in [0.25, 0.3) is 87.5 Å². The first-order valence-corrected chi connectivity index (χ1v) is 19.5. The summed E-state index contributed by atoms with van der Waals surface area (Å²) in [5.74, 6) is 19.8. The van der Waals surface area contributed by atoms with Crippen LogP contribution in [-0.2, 0) is 17.1 Å². The number of fused-ring (bicyclic) bond motifs is 20. The van der Waals surface area contributed by atoms with Crippen molar-refractivity contribution in [2.75, 3.05) is 0 Å². The molecule has 195 valence electrons. The quantitative estimate of drug-likeness (QED) is 0.143. The molecule has 0 aliphatic carbocycles. The normalized spacial score (nSPS) is 13.3. The second-order valence-electron chi connectivity index (χ2n) is 8.50. The monoisotopic (exact) mass is 719 g/mol. The standard InChI is InChI=1S/C24H8N8P8.Cu/c1-2-34-10-9(33-1)17-25-18(10)30-20-13-14(38-6-5-37-13)22(27-20)32-24-16-15(39-7-8-40-16)23(28-24)31-21-12-11(19(26-21)29-17)35-3-4-36-12;/h1-8H;/q-2;+2. The first kappa shape index (κ1) is 26.8. The van der Waals surface area contributed by atoms with Gasteiger partial charge in [0.05, 0.1) is 23.3 Å². The van der Waals surface area contributed by atoms with Crippen molar-refractivity contribution in [1.29, 1.82) is 0 Å². The molecule has 7 aromatic rings. The van der Waals surface area contributed by atoms with Crippen molar-refractivity contribution < 1.29 is 17.1 Å². The molecule has 41 heavy (non-hydrogen) atoms. The average Bonchev–Trinajstić information content (AvgIpc) is 3.73. The topological polar surface area (TPSA) is 106 Å². The van der Waals surface area contributed by atoms with Gasteiger partial charge in [0.1, 0.15) is 0 Å². The number of hydrogen-bond donors (Lipinski definition) is 0. The Morgan fingerprint density at radius 2 is 0.585 bits per heavy atom. The molecule has 17 heteroatoms. The van der Waals surface area contributed by atoms with Crippen LogP contribution in [0.15, 0.2) is 46.4 Å². The Hall–Kier alpha value is -1.80. The minimum absolute atomic E-state index is 0. The van der Waals surface area contributed by atoms with Gasteiger partial charge in [-0.05, 0) is 46.4 Å². The van der Waals surface area contributed by atoms with Gasteiger partial charge in [0.15, 0.2) is 0 Å². The van der Waals surface area contributed by atoms with Gasteiger partial charge in [-0.25, -0.2) is 9.97 Å². The molecule has 0 unspecified atom stereocenters. The van der Waals surface area contributed by atoms with E-state index < -0.39 is 0 Å². The van der Waals surface area contributed by atoms with Crippen molar-refractivity contribution in [3.8, 4) is 44.5 Å². The molecule has 0 aromatic carbocycles. The molecule has 0 saturated heterocycles. The van der Waals surface area contributed by atoms with E-state index in [0.717, 1.165) is 107 Å². The molecule has 9 rings (SSSR count). The predicted molar refractivity (Wildman–Crippen MR) is 174 cm³/mol. The number of aromatic nitrogens is 8. The number of rotatable bonds is 0. The Labute approximate surface area is 255 Å². The molecule has 7 aromatic heterocycles. The van der Waals surface area contributed by atoms with E-state index in [0.29, 0.717) is 45.9 Å². The molecule has 2 aliphatic heterocycles. The Morgan fingerprint density at radius 1 is 0.341 bits per heavy atom. The van der Waals surface area contributed by atoms with Crippen molar-refractivity contribution in [2.45, 2.75) is 0 Å². The molecule has 8 nitrogen and oxygen atoms in total. The summed E-state index contributed by atoms with van der Waals surface area (Å²) in [5, 5.41) is 8.59. The molecule has 0 N–H and O–H groups in total. The number of nitrogens with zero attached hydrogens (tertiary/aromatic N) is 8. The summed E-state index contributed by atoms with van der Waals surface area (Å²) in [4.78, 5) is 40.1. The fourth-order valence-electron chi connectivity index (χ4n) is 4.51. The van der Waals surface area contributed by atoms with Gasteiger partial charge in [0, 0.05) is 64.2 Å². The second-order valence-corrected chi connectivity index (χ2v) is 16.5. The van der Waals surface area contributed by atoms with Gasteiger partial charge in [-0.1, -0.05) is 65.5 Å². The van der Waals surface area contributed by atoms with Gasteiger partial charge in [-0.2, -0.15) is 0 Å². The third-order valence-electron chi connectivity index (χ3n) is 6.18. The zero-order valence-electron chi connectivity index (χ0n) is 20.1. The van der Waals surface area contributed by atoms with E-state index in [4.69, 9.17) is 39.9 Å². The molecular weight excluding hydrogens is 712 g/mol. The van der Waals surface area contributed by atoms with Gasteiger partial charge in [0.2, 0.25) is 0 Å². The van der Waals surface area contributed by atoms with Crippen LogP contribution in [0.4, 0.5) is 0 Å². The Kier molecular flexibility index (Phi) is 7.01. The molecule has 0 fully saturated rings. The summed E-state index contributed by atoms with van der Waals surface area (Å²) in [7, 11) is 8.44. The van der Waals surface area contributed by atoms with Crippen LogP contribution in [0.5, 0.6) is 0 Å². The zero-order chi connectivity index (χ0) is 26.2. The molecule has 8 bridgehead atoms. The van der Waals surface area contributed by atoms with E-state index in [1.807, 2.05) is 0 Å². The smallest absolute Gasteiger partial charge is 0.356 e. The molecule has 0 saturated carbocycles. The average molecular weight is 720 g/mol. The van der Waals surface area contributed by atoms with Crippen LogP contribution in [0.3, 0.4) is 0 Å². The SMILES string of the molecule is [Cu+2].c1cpc2c(p1)-c1nc-2nc2[n-]c(nc3nc(nc4[n-]c(n1)c1pccpc41)-c1pccpc1-3)c1pccpc21. The van der Waals surface area contributed by atoms with Crippen LogP contribution < -0.4 is 9.97 Å². The van der Waals surface area contributed by atoms with Crippen molar-refractivity contribution >= 4 is 109 Å². The predicted octanol–water partition coefficient (Wildman–Crippen LogP) is 10.8. The van der Waals surface area contributed by atoms with Crippen LogP contribution in [-0.4, -0.2) is 29.9 Å². The maximum absolute atomic E-state index is 5.05. The summed E-state index contributed by atoms with van der Waals surface area (Å²) in [6, 6.07) is 0. The molecule has 9 heterocycles. The Bertz CT molecular complexity index is 2060. The second kappa shape index (κ2) is 10.7. The first-order valence-electron chi connectivity index (χ1n) is 11.8. The molecule has 0 spiro atoms. The van der Waals surface area contributed by atoms with Crippen molar-refractivity contribution in [3.63, 3.8) is 0 Å². The van der Waals surface area contributed by atoms with E-state index in [1.54, 1.807) is 0 Å². The summed E-state index contributed by atoms with van der Waals surface area (Å²) in [6.45, 7) is 0. The van der Waals surface area contributed by atoms with E-state index in [1.165, 1.54) is 0 Å². The maximum Gasteiger partial charge on any atom is 2.00 e. The first-order chi connectivity index (χ1) is 19.8. The third kappa shape index (κ3) is 4.44. The van der Waals surface area contributed by atoms with E-state index in [-0.39, 0.29) is 17.1 Å². The Balaban J connectivity index is 0.00000256.